The molecule has 0 fully saturated rings. The van der Waals surface area contributed by atoms with Crippen LogP contribution in [0.4, 0.5) is 5.69 Å². The van der Waals surface area contributed by atoms with Crippen molar-refractivity contribution >= 4 is 33.0 Å². The SMILES string of the molecule is CC(CO)CNC(=O)c1cc2cc(N)ccc2s1. The molecule has 0 spiro atoms. The molecule has 0 aliphatic carbocycles. The molecule has 2 aromatic rings. The van der Waals surface area contributed by atoms with Crippen molar-refractivity contribution in [3.8, 4) is 0 Å². The van der Waals surface area contributed by atoms with Crippen molar-refractivity contribution < 1.29 is 9.90 Å². The lowest BCUT2D eigenvalue weighted by atomic mass is 10.2. The lowest BCUT2D eigenvalue weighted by Crippen LogP contribution is -2.28. The van der Waals surface area contributed by atoms with E-state index in [9.17, 15) is 4.79 Å². The highest BCUT2D eigenvalue weighted by atomic mass is 32.1. The molecule has 96 valence electrons. The van der Waals surface area contributed by atoms with E-state index in [1.165, 1.54) is 11.3 Å². The number of aliphatic hydroxyl groups is 1. The summed E-state index contributed by atoms with van der Waals surface area (Å²) < 4.78 is 1.05. The molecule has 1 unspecified atom stereocenters. The predicted octanol–water partition coefficient (Wildman–Crippen LogP) is 1.84. The molecule has 1 aromatic heterocycles. The van der Waals surface area contributed by atoms with Crippen LogP contribution in [0.15, 0.2) is 24.3 Å². The molecule has 0 saturated heterocycles. The van der Waals surface area contributed by atoms with Crippen molar-refractivity contribution in [1.29, 1.82) is 0 Å². The van der Waals surface area contributed by atoms with Gasteiger partial charge in [0.1, 0.15) is 0 Å². The average Bonchev–Trinajstić information content (AvgIpc) is 2.78. The smallest absolute Gasteiger partial charge is 0.261 e. The van der Waals surface area contributed by atoms with Gasteiger partial charge in [-0.2, -0.15) is 0 Å². The van der Waals surface area contributed by atoms with E-state index in [2.05, 4.69) is 5.32 Å². The molecule has 0 aliphatic heterocycles. The molecule has 1 aromatic carbocycles. The van der Waals surface area contributed by atoms with Crippen LogP contribution < -0.4 is 11.1 Å². The van der Waals surface area contributed by atoms with E-state index in [0.717, 1.165) is 10.1 Å². The van der Waals surface area contributed by atoms with Gasteiger partial charge in [0.25, 0.3) is 5.91 Å². The molecule has 0 aliphatic rings. The number of hydrogen-bond acceptors (Lipinski definition) is 4. The van der Waals surface area contributed by atoms with Gasteiger partial charge in [0.15, 0.2) is 0 Å². The summed E-state index contributed by atoms with van der Waals surface area (Å²) in [6, 6.07) is 7.45. The number of anilines is 1. The van der Waals surface area contributed by atoms with E-state index in [-0.39, 0.29) is 18.4 Å². The quantitative estimate of drug-likeness (QED) is 0.738. The summed E-state index contributed by atoms with van der Waals surface area (Å²) in [5, 5.41) is 12.7. The van der Waals surface area contributed by atoms with Gasteiger partial charge in [0.05, 0.1) is 4.88 Å². The Hall–Kier alpha value is -1.59. The molecule has 4 nitrogen and oxygen atoms in total. The molecule has 0 bridgehead atoms. The monoisotopic (exact) mass is 264 g/mol. The van der Waals surface area contributed by atoms with Crippen LogP contribution in [-0.4, -0.2) is 24.2 Å². The normalized spacial score (nSPS) is 12.6. The molecule has 1 atom stereocenters. The van der Waals surface area contributed by atoms with E-state index in [0.29, 0.717) is 17.1 Å². The van der Waals surface area contributed by atoms with Crippen molar-refractivity contribution in [1.82, 2.24) is 5.32 Å². The summed E-state index contributed by atoms with van der Waals surface area (Å²) in [7, 11) is 0. The van der Waals surface area contributed by atoms with Crippen LogP contribution >= 0.6 is 11.3 Å². The number of aliphatic hydroxyl groups excluding tert-OH is 1. The van der Waals surface area contributed by atoms with Crippen LogP contribution in [0, 0.1) is 5.92 Å². The van der Waals surface area contributed by atoms with Crippen molar-refractivity contribution in [2.24, 2.45) is 5.92 Å². The van der Waals surface area contributed by atoms with Crippen LogP contribution in [0.3, 0.4) is 0 Å². The van der Waals surface area contributed by atoms with Crippen molar-refractivity contribution in [2.45, 2.75) is 6.92 Å². The number of nitrogens with two attached hydrogens (primary N) is 1. The van der Waals surface area contributed by atoms with E-state index in [1.807, 2.05) is 31.2 Å². The number of fused-ring (bicyclic) bond motifs is 1. The first-order valence-electron chi connectivity index (χ1n) is 5.78. The Bertz CT molecular complexity index is 565. The highest BCUT2D eigenvalue weighted by molar-refractivity contribution is 7.20. The zero-order valence-corrected chi connectivity index (χ0v) is 11.0. The summed E-state index contributed by atoms with van der Waals surface area (Å²) in [5.74, 6) is -0.0333. The highest BCUT2D eigenvalue weighted by Gasteiger charge is 2.11. The lowest BCUT2D eigenvalue weighted by molar-refractivity contribution is 0.0946. The topological polar surface area (TPSA) is 75.3 Å². The zero-order valence-electron chi connectivity index (χ0n) is 10.1. The summed E-state index contributed by atoms with van der Waals surface area (Å²) in [6.07, 6.45) is 0. The fourth-order valence-electron chi connectivity index (χ4n) is 1.59. The van der Waals surface area contributed by atoms with Crippen molar-refractivity contribution in [3.63, 3.8) is 0 Å². The second-order valence-corrected chi connectivity index (χ2v) is 5.49. The van der Waals surface area contributed by atoms with Gasteiger partial charge < -0.3 is 16.2 Å². The average molecular weight is 264 g/mol. The van der Waals surface area contributed by atoms with E-state index < -0.39 is 0 Å². The number of nitrogen functional groups attached to an aromatic ring is 1. The number of rotatable bonds is 4. The molecule has 0 radical (unpaired) electrons. The van der Waals surface area contributed by atoms with Gasteiger partial charge in [-0.3, -0.25) is 4.79 Å². The Balaban J connectivity index is 2.13. The van der Waals surface area contributed by atoms with Crippen molar-refractivity contribution in [2.75, 3.05) is 18.9 Å². The standard InChI is InChI=1S/C13H16N2O2S/c1-8(7-16)6-15-13(17)12-5-9-4-10(14)2-3-11(9)18-12/h2-5,8,16H,6-7,14H2,1H3,(H,15,17). The maximum Gasteiger partial charge on any atom is 0.261 e. The molecule has 5 heteroatoms. The number of nitrogens with one attached hydrogen (secondary N) is 1. The summed E-state index contributed by atoms with van der Waals surface area (Å²) in [5.41, 5.74) is 6.40. The minimum absolute atomic E-state index is 0.0685. The molecule has 2 rings (SSSR count). The maximum absolute atomic E-state index is 11.9. The molecule has 0 saturated carbocycles. The van der Waals surface area contributed by atoms with Gasteiger partial charge in [-0.05, 0) is 35.6 Å². The lowest BCUT2D eigenvalue weighted by Gasteiger charge is -2.08. The fraction of sp³-hybridized carbons (Fsp3) is 0.308. The van der Waals surface area contributed by atoms with Crippen LogP contribution in [0.1, 0.15) is 16.6 Å². The van der Waals surface area contributed by atoms with Gasteiger partial charge in [-0.15, -0.1) is 11.3 Å². The number of carbonyl (C=O) groups excluding carboxylic acids is 1. The van der Waals surface area contributed by atoms with Crippen LogP contribution in [0.25, 0.3) is 10.1 Å². The van der Waals surface area contributed by atoms with Gasteiger partial charge in [-0.25, -0.2) is 0 Å². The maximum atomic E-state index is 11.9. The Morgan fingerprint density at radius 2 is 2.28 bits per heavy atom. The first kappa shape index (κ1) is 12.9. The van der Waals surface area contributed by atoms with E-state index in [4.69, 9.17) is 10.8 Å². The fourth-order valence-corrected chi connectivity index (χ4v) is 2.55. The molecule has 18 heavy (non-hydrogen) atoms. The number of benzene rings is 1. The zero-order chi connectivity index (χ0) is 13.1. The second kappa shape index (κ2) is 5.37. The minimum Gasteiger partial charge on any atom is -0.399 e. The number of carbonyl (C=O) groups is 1. The third-order valence-corrected chi connectivity index (χ3v) is 3.80. The predicted molar refractivity (Wildman–Crippen MR) is 74.8 cm³/mol. The largest absolute Gasteiger partial charge is 0.399 e. The Kier molecular flexibility index (Phi) is 3.84. The summed E-state index contributed by atoms with van der Waals surface area (Å²) in [6.45, 7) is 2.43. The van der Waals surface area contributed by atoms with Gasteiger partial charge >= 0.3 is 0 Å². The highest BCUT2D eigenvalue weighted by Crippen LogP contribution is 2.27. The molecule has 1 amide bonds. The third-order valence-electron chi connectivity index (χ3n) is 2.69. The van der Waals surface area contributed by atoms with Gasteiger partial charge in [0.2, 0.25) is 0 Å². The molecule has 4 N–H and O–H groups in total. The number of hydrogen-bond donors (Lipinski definition) is 3. The minimum atomic E-state index is -0.102. The number of amides is 1. The van der Waals surface area contributed by atoms with E-state index in [1.54, 1.807) is 0 Å². The Morgan fingerprint density at radius 3 is 3.00 bits per heavy atom. The van der Waals surface area contributed by atoms with Crippen molar-refractivity contribution in [3.05, 3.63) is 29.1 Å². The van der Waals surface area contributed by atoms with Crippen LogP contribution in [0.2, 0.25) is 0 Å². The van der Waals surface area contributed by atoms with Gasteiger partial charge in [0, 0.05) is 23.5 Å². The third kappa shape index (κ3) is 2.80. The summed E-state index contributed by atoms with van der Waals surface area (Å²) in [4.78, 5) is 12.6. The second-order valence-electron chi connectivity index (χ2n) is 4.41. The molecular weight excluding hydrogens is 248 g/mol. The van der Waals surface area contributed by atoms with Crippen LogP contribution in [0.5, 0.6) is 0 Å². The van der Waals surface area contributed by atoms with Crippen LogP contribution in [-0.2, 0) is 0 Å². The summed E-state index contributed by atoms with van der Waals surface area (Å²) >= 11 is 1.44. The first-order chi connectivity index (χ1) is 8.60. The van der Waals surface area contributed by atoms with Gasteiger partial charge in [-0.1, -0.05) is 6.92 Å². The molecular formula is C13H16N2O2S. The number of thiophene rings is 1. The molecule has 1 heterocycles. The van der Waals surface area contributed by atoms with E-state index >= 15 is 0 Å². The first-order valence-corrected chi connectivity index (χ1v) is 6.60. The Morgan fingerprint density at radius 1 is 1.50 bits per heavy atom. The Labute approximate surface area is 109 Å².